The molecule has 0 bridgehead atoms. The van der Waals surface area contributed by atoms with Crippen LogP contribution in [0.4, 0.5) is 0 Å². The van der Waals surface area contributed by atoms with Crippen molar-refractivity contribution in [2.24, 2.45) is 0 Å². The first-order valence-corrected chi connectivity index (χ1v) is 33.1. The predicted octanol–water partition coefficient (Wildman–Crippen LogP) is 22.7. The number of rotatable bonds is 60. The van der Waals surface area contributed by atoms with Gasteiger partial charge in [0.15, 0.2) is 6.10 Å². The molecule has 0 saturated heterocycles. The minimum atomic E-state index is -0.774. The zero-order chi connectivity index (χ0) is 55.7. The molecule has 0 aliphatic carbocycles. The van der Waals surface area contributed by atoms with Crippen LogP contribution in [0.1, 0.15) is 329 Å². The lowest BCUT2D eigenvalue weighted by Crippen LogP contribution is -2.30. The Kier molecular flexibility index (Phi) is 62.2. The summed E-state index contributed by atoms with van der Waals surface area (Å²) >= 11 is 0. The van der Waals surface area contributed by atoms with Crippen molar-refractivity contribution in [2.75, 3.05) is 13.2 Å². The summed E-state index contributed by atoms with van der Waals surface area (Å²) in [7, 11) is 0. The first kappa shape index (κ1) is 73.6. The normalized spacial score (nSPS) is 12.6. The zero-order valence-electron chi connectivity index (χ0n) is 51.0. The molecule has 0 fully saturated rings. The zero-order valence-corrected chi connectivity index (χ0v) is 51.0. The van der Waals surface area contributed by atoms with Gasteiger partial charge in [-0.2, -0.15) is 0 Å². The highest BCUT2D eigenvalue weighted by Gasteiger charge is 2.19. The highest BCUT2D eigenvalue weighted by atomic mass is 16.6. The van der Waals surface area contributed by atoms with E-state index in [1.54, 1.807) is 0 Å². The Morgan fingerprint density at radius 1 is 0.273 bits per heavy atom. The summed E-state index contributed by atoms with van der Waals surface area (Å²) in [6, 6.07) is 0. The van der Waals surface area contributed by atoms with Gasteiger partial charge < -0.3 is 14.2 Å². The maximum absolute atomic E-state index is 12.8. The van der Waals surface area contributed by atoms with Crippen LogP contribution in [0.25, 0.3) is 0 Å². The second-order valence-corrected chi connectivity index (χ2v) is 22.0. The van der Waals surface area contributed by atoms with Crippen molar-refractivity contribution >= 4 is 17.9 Å². The van der Waals surface area contributed by atoms with Crippen LogP contribution in [0.15, 0.2) is 85.1 Å². The molecule has 0 aromatic carbocycles. The van der Waals surface area contributed by atoms with Crippen molar-refractivity contribution in [3.8, 4) is 0 Å². The van der Waals surface area contributed by atoms with E-state index in [0.29, 0.717) is 19.3 Å². The van der Waals surface area contributed by atoms with Crippen molar-refractivity contribution in [1.82, 2.24) is 0 Å². The monoisotopic (exact) mass is 1070 g/mol. The van der Waals surface area contributed by atoms with Gasteiger partial charge in [-0.05, 0) is 77.0 Å². The molecule has 0 radical (unpaired) electrons. The Morgan fingerprint density at radius 3 is 0.792 bits per heavy atom. The third-order valence-corrected chi connectivity index (χ3v) is 14.4. The van der Waals surface area contributed by atoms with Gasteiger partial charge in [0.1, 0.15) is 13.2 Å². The number of hydrogen-bond donors (Lipinski definition) is 0. The lowest BCUT2D eigenvalue weighted by molar-refractivity contribution is -0.167. The fraction of sp³-hybridized carbons (Fsp3) is 0.761. The fourth-order valence-corrected chi connectivity index (χ4v) is 9.48. The van der Waals surface area contributed by atoms with E-state index in [4.69, 9.17) is 14.2 Å². The second kappa shape index (κ2) is 65.1. The number of esters is 3. The largest absolute Gasteiger partial charge is 0.462 e. The first-order chi connectivity index (χ1) is 38.0. The second-order valence-electron chi connectivity index (χ2n) is 22.0. The highest BCUT2D eigenvalue weighted by molar-refractivity contribution is 5.71. The van der Waals surface area contributed by atoms with Crippen molar-refractivity contribution in [3.63, 3.8) is 0 Å². The highest BCUT2D eigenvalue weighted by Crippen LogP contribution is 2.17. The third kappa shape index (κ3) is 63.3. The average molecular weight is 1070 g/mol. The molecule has 0 spiro atoms. The lowest BCUT2D eigenvalue weighted by atomic mass is 10.0. The smallest absolute Gasteiger partial charge is 0.306 e. The van der Waals surface area contributed by atoms with E-state index in [0.717, 1.165) is 116 Å². The number of ether oxygens (including phenoxy) is 3. The van der Waals surface area contributed by atoms with E-state index in [9.17, 15) is 14.4 Å². The summed E-state index contributed by atoms with van der Waals surface area (Å²) in [4.78, 5) is 38.0. The Hall–Kier alpha value is -3.41. The van der Waals surface area contributed by atoms with Crippen LogP contribution >= 0.6 is 0 Å². The molecule has 1 unspecified atom stereocenters. The molecule has 0 heterocycles. The summed E-state index contributed by atoms with van der Waals surface area (Å²) < 4.78 is 16.8. The molecular formula is C71H124O6. The lowest BCUT2D eigenvalue weighted by Gasteiger charge is -2.18. The molecule has 0 N–H and O–H groups in total. The molecule has 0 amide bonds. The van der Waals surface area contributed by atoms with Crippen LogP contribution in [0.5, 0.6) is 0 Å². The molecule has 0 rings (SSSR count). The maximum atomic E-state index is 12.8. The Bertz CT molecular complexity index is 1470. The number of hydrogen-bond acceptors (Lipinski definition) is 6. The fourth-order valence-electron chi connectivity index (χ4n) is 9.48. The summed E-state index contributed by atoms with van der Waals surface area (Å²) in [5.74, 6) is -0.881. The summed E-state index contributed by atoms with van der Waals surface area (Å²) in [5, 5.41) is 0. The van der Waals surface area contributed by atoms with Gasteiger partial charge in [0.05, 0.1) is 0 Å². The minimum absolute atomic E-state index is 0.0754. The Balaban J connectivity index is 4.03. The molecule has 77 heavy (non-hydrogen) atoms. The SMILES string of the molecule is CC/C=C\C/C=C\C/C=C\C/C=C\C/C=C\C/C=C\C/C=C\CCCCCCCCCCCC(=O)OCC(COC(=O)CCCCCCC)OC(=O)CCCCCCCCCCCCCCCCCCCCCCCCC. The Morgan fingerprint density at radius 2 is 0.506 bits per heavy atom. The van der Waals surface area contributed by atoms with Crippen molar-refractivity contribution in [1.29, 1.82) is 0 Å². The van der Waals surface area contributed by atoms with E-state index in [1.807, 2.05) is 0 Å². The quantitative estimate of drug-likeness (QED) is 0.0261. The van der Waals surface area contributed by atoms with Crippen LogP contribution < -0.4 is 0 Å². The summed E-state index contributed by atoms with van der Waals surface area (Å²) in [5.41, 5.74) is 0. The van der Waals surface area contributed by atoms with Crippen LogP contribution in [-0.2, 0) is 28.6 Å². The molecule has 444 valence electrons. The number of carbonyl (C=O) groups is 3. The molecule has 0 aromatic rings. The average Bonchev–Trinajstić information content (AvgIpc) is 3.43. The van der Waals surface area contributed by atoms with Crippen LogP contribution in [-0.4, -0.2) is 37.2 Å². The summed E-state index contributed by atoms with van der Waals surface area (Å²) in [6.07, 6.45) is 86.5. The maximum Gasteiger partial charge on any atom is 0.306 e. The molecule has 0 aliphatic rings. The third-order valence-electron chi connectivity index (χ3n) is 14.4. The van der Waals surface area contributed by atoms with Gasteiger partial charge >= 0.3 is 17.9 Å². The van der Waals surface area contributed by atoms with Crippen molar-refractivity contribution in [2.45, 2.75) is 335 Å². The van der Waals surface area contributed by atoms with E-state index in [-0.39, 0.29) is 31.1 Å². The van der Waals surface area contributed by atoms with E-state index in [1.165, 1.54) is 173 Å². The van der Waals surface area contributed by atoms with Gasteiger partial charge in [-0.25, -0.2) is 0 Å². The molecule has 0 aliphatic heterocycles. The van der Waals surface area contributed by atoms with Crippen LogP contribution in [0, 0.1) is 0 Å². The number of allylic oxidation sites excluding steroid dienone is 14. The molecular weight excluding hydrogens is 949 g/mol. The van der Waals surface area contributed by atoms with Crippen LogP contribution in [0.2, 0.25) is 0 Å². The minimum Gasteiger partial charge on any atom is -0.462 e. The van der Waals surface area contributed by atoms with E-state index in [2.05, 4.69) is 106 Å². The van der Waals surface area contributed by atoms with Gasteiger partial charge in [-0.15, -0.1) is 0 Å². The molecule has 6 nitrogen and oxygen atoms in total. The van der Waals surface area contributed by atoms with Gasteiger partial charge in [0.2, 0.25) is 0 Å². The van der Waals surface area contributed by atoms with Gasteiger partial charge in [0.25, 0.3) is 0 Å². The van der Waals surface area contributed by atoms with Crippen molar-refractivity contribution in [3.05, 3.63) is 85.1 Å². The van der Waals surface area contributed by atoms with E-state index < -0.39 is 6.10 Å². The Labute approximate surface area is 477 Å². The van der Waals surface area contributed by atoms with Gasteiger partial charge in [-0.1, -0.05) is 318 Å². The van der Waals surface area contributed by atoms with Gasteiger partial charge in [0, 0.05) is 19.3 Å². The number of carbonyl (C=O) groups excluding carboxylic acids is 3. The predicted molar refractivity (Wildman–Crippen MR) is 334 cm³/mol. The standard InChI is InChI=1S/C71H124O6/c1-4-7-10-13-15-17-19-21-23-25-27-29-31-32-33-34-35-36-37-38-40-41-43-45-47-49-51-53-55-58-61-64-70(73)76-67-68(66-75-69(72)63-60-57-12-9-6-3)77-71(74)65-62-59-56-54-52-50-48-46-44-42-39-30-28-26-24-22-20-18-16-14-11-8-5-2/h7,10,15,17,21,23,27,29,32-33,35-36,38,40,68H,4-6,8-9,11-14,16,18-20,22,24-26,28,30-31,34,37,39,41-67H2,1-3H3/b10-7-,17-15-,23-21-,29-27-,33-32-,36-35-,40-38-. The van der Waals surface area contributed by atoms with E-state index >= 15 is 0 Å². The first-order valence-electron chi connectivity index (χ1n) is 33.1. The number of unbranched alkanes of at least 4 members (excludes halogenated alkanes) is 35. The summed E-state index contributed by atoms with van der Waals surface area (Å²) in [6.45, 7) is 6.48. The van der Waals surface area contributed by atoms with Gasteiger partial charge in [-0.3, -0.25) is 14.4 Å². The topological polar surface area (TPSA) is 78.9 Å². The molecule has 0 saturated carbocycles. The van der Waals surface area contributed by atoms with Crippen LogP contribution in [0.3, 0.4) is 0 Å². The molecule has 1 atom stereocenters. The molecule has 0 aromatic heterocycles. The molecule has 6 heteroatoms. The van der Waals surface area contributed by atoms with Crippen molar-refractivity contribution < 1.29 is 28.6 Å².